The lowest BCUT2D eigenvalue weighted by molar-refractivity contribution is 0.144. The number of nitrogens with one attached hydrogen (secondary N) is 1. The molecule has 0 aliphatic heterocycles. The van der Waals surface area contributed by atoms with Crippen molar-refractivity contribution in [2.24, 2.45) is 5.73 Å². The van der Waals surface area contributed by atoms with Gasteiger partial charge in [0.25, 0.3) is 6.43 Å². The normalized spacial score (nSPS) is 10.8. The molecule has 0 bridgehead atoms. The Morgan fingerprint density at radius 2 is 2.15 bits per heavy atom. The smallest absolute Gasteiger partial charge is 0.278 e. The number of hydrogen-bond donors (Lipinski definition) is 3. The number of aromatic amines is 1. The van der Waals surface area contributed by atoms with Gasteiger partial charge in [0.2, 0.25) is 5.43 Å². The van der Waals surface area contributed by atoms with Crippen LogP contribution in [0.3, 0.4) is 0 Å². The number of H-pyrrole nitrogens is 1. The molecular formula is C7H9F2N3O. The highest BCUT2D eigenvalue weighted by Crippen LogP contribution is 2.18. The van der Waals surface area contributed by atoms with Gasteiger partial charge in [-0.1, -0.05) is 0 Å². The average Bonchev–Trinajstić information content (AvgIpc) is 2.09. The molecular weight excluding hydrogens is 180 g/mol. The summed E-state index contributed by atoms with van der Waals surface area (Å²) >= 11 is 0. The summed E-state index contributed by atoms with van der Waals surface area (Å²) in [5, 5.41) is 0. The summed E-state index contributed by atoms with van der Waals surface area (Å²) in [4.78, 5) is 13.4. The highest BCUT2D eigenvalue weighted by atomic mass is 19.3. The predicted octanol–water partition coefficient (Wildman–Crippen LogP) is 0.353. The molecule has 0 saturated carbocycles. The van der Waals surface area contributed by atoms with Crippen molar-refractivity contribution < 1.29 is 8.78 Å². The zero-order valence-corrected chi connectivity index (χ0v) is 6.68. The Balaban J connectivity index is 3.39. The fraction of sp³-hybridized carbons (Fsp3) is 0.286. The molecule has 0 amide bonds. The molecule has 0 radical (unpaired) electrons. The van der Waals surface area contributed by atoms with Gasteiger partial charge in [-0.15, -0.1) is 0 Å². The lowest BCUT2D eigenvalue weighted by Gasteiger charge is -2.06. The first kappa shape index (κ1) is 9.66. The van der Waals surface area contributed by atoms with Crippen LogP contribution in [-0.2, 0) is 6.54 Å². The van der Waals surface area contributed by atoms with Crippen molar-refractivity contribution >= 4 is 5.69 Å². The van der Waals surface area contributed by atoms with Crippen LogP contribution < -0.4 is 16.9 Å². The molecule has 1 heterocycles. The quantitative estimate of drug-likeness (QED) is 0.627. The van der Waals surface area contributed by atoms with Gasteiger partial charge in [-0.25, -0.2) is 8.78 Å². The molecule has 5 N–H and O–H groups in total. The second kappa shape index (κ2) is 3.53. The Morgan fingerprint density at radius 3 is 2.62 bits per heavy atom. The van der Waals surface area contributed by atoms with E-state index in [1.807, 2.05) is 0 Å². The van der Waals surface area contributed by atoms with E-state index >= 15 is 0 Å². The summed E-state index contributed by atoms with van der Waals surface area (Å²) in [6.45, 7) is -0.250. The van der Waals surface area contributed by atoms with Crippen molar-refractivity contribution in [2.75, 3.05) is 5.73 Å². The Bertz CT molecular complexity index is 361. The molecule has 1 rings (SSSR count). The van der Waals surface area contributed by atoms with E-state index in [1.54, 1.807) is 0 Å². The zero-order chi connectivity index (χ0) is 10.0. The number of hydrogen-bond acceptors (Lipinski definition) is 3. The first-order chi connectivity index (χ1) is 6.07. The first-order valence-electron chi connectivity index (χ1n) is 3.56. The monoisotopic (exact) mass is 189 g/mol. The van der Waals surface area contributed by atoms with Gasteiger partial charge in [0.15, 0.2) is 0 Å². The Hall–Kier alpha value is -1.43. The van der Waals surface area contributed by atoms with Crippen LogP contribution in [0.5, 0.6) is 0 Å². The predicted molar refractivity (Wildman–Crippen MR) is 44.3 cm³/mol. The van der Waals surface area contributed by atoms with Crippen LogP contribution in [0.2, 0.25) is 0 Å². The van der Waals surface area contributed by atoms with Crippen LogP contribution in [0.15, 0.2) is 11.0 Å². The van der Waals surface area contributed by atoms with Crippen molar-refractivity contribution in [1.29, 1.82) is 0 Å². The van der Waals surface area contributed by atoms with E-state index in [0.29, 0.717) is 0 Å². The molecule has 0 fully saturated rings. The summed E-state index contributed by atoms with van der Waals surface area (Å²) in [6.07, 6.45) is -1.70. The largest absolute Gasteiger partial charge is 0.394 e. The van der Waals surface area contributed by atoms with Gasteiger partial charge < -0.3 is 16.5 Å². The molecule has 1 aromatic rings. The maximum atomic E-state index is 12.3. The minimum absolute atomic E-state index is 0.107. The summed E-state index contributed by atoms with van der Waals surface area (Å²) < 4.78 is 24.5. The number of anilines is 1. The van der Waals surface area contributed by atoms with E-state index in [4.69, 9.17) is 11.5 Å². The van der Waals surface area contributed by atoms with Crippen molar-refractivity contribution in [3.63, 3.8) is 0 Å². The van der Waals surface area contributed by atoms with Gasteiger partial charge in [-0.3, -0.25) is 4.79 Å². The molecule has 1 aromatic heterocycles. The number of nitrogens with two attached hydrogens (primary N) is 2. The third-order valence-corrected chi connectivity index (χ3v) is 1.67. The number of rotatable bonds is 2. The lowest BCUT2D eigenvalue weighted by Crippen LogP contribution is -2.20. The first-order valence-corrected chi connectivity index (χ1v) is 3.56. The van der Waals surface area contributed by atoms with E-state index in [9.17, 15) is 13.6 Å². The molecule has 0 spiro atoms. The van der Waals surface area contributed by atoms with E-state index < -0.39 is 17.5 Å². The summed E-state index contributed by atoms with van der Waals surface area (Å²) in [6, 6.07) is 0. The van der Waals surface area contributed by atoms with Gasteiger partial charge in [-0.05, 0) is 0 Å². The van der Waals surface area contributed by atoms with Crippen LogP contribution in [0.25, 0.3) is 0 Å². The van der Waals surface area contributed by atoms with Gasteiger partial charge in [0.1, 0.15) is 0 Å². The van der Waals surface area contributed by atoms with Crippen molar-refractivity contribution in [3.05, 3.63) is 27.7 Å². The van der Waals surface area contributed by atoms with Gasteiger partial charge in [-0.2, -0.15) is 0 Å². The summed E-state index contributed by atoms with van der Waals surface area (Å²) in [5.74, 6) is 0. The number of nitrogen functional groups attached to an aromatic ring is 1. The molecule has 0 aromatic carbocycles. The molecule has 0 aliphatic carbocycles. The van der Waals surface area contributed by atoms with E-state index in [2.05, 4.69) is 4.98 Å². The third-order valence-electron chi connectivity index (χ3n) is 1.67. The number of halogens is 2. The molecule has 4 nitrogen and oxygen atoms in total. The van der Waals surface area contributed by atoms with Crippen molar-refractivity contribution in [1.82, 2.24) is 4.98 Å². The summed E-state index contributed by atoms with van der Waals surface area (Å²) in [7, 11) is 0. The Kier molecular flexibility index (Phi) is 2.62. The van der Waals surface area contributed by atoms with Crippen LogP contribution in [-0.4, -0.2) is 4.98 Å². The average molecular weight is 189 g/mol. The molecule has 13 heavy (non-hydrogen) atoms. The van der Waals surface area contributed by atoms with Crippen LogP contribution in [0, 0.1) is 0 Å². The maximum Gasteiger partial charge on any atom is 0.278 e. The molecule has 72 valence electrons. The highest BCUT2D eigenvalue weighted by molar-refractivity contribution is 5.40. The van der Waals surface area contributed by atoms with Crippen LogP contribution in [0.1, 0.15) is 17.7 Å². The molecule has 0 unspecified atom stereocenters. The second-order valence-corrected chi connectivity index (χ2v) is 2.47. The van der Waals surface area contributed by atoms with Gasteiger partial charge >= 0.3 is 0 Å². The standard InChI is InChI=1S/C7H9F2N3O/c8-7(9)5-3(1-10)6(13)4(11)2-12-5/h2,7H,1,10-11H2,(H,12,13). The van der Waals surface area contributed by atoms with Crippen molar-refractivity contribution in [3.8, 4) is 0 Å². The number of pyridine rings is 1. The fourth-order valence-corrected chi connectivity index (χ4v) is 1.00. The van der Waals surface area contributed by atoms with Crippen LogP contribution in [0.4, 0.5) is 14.5 Å². The zero-order valence-electron chi connectivity index (χ0n) is 6.68. The number of alkyl halides is 2. The molecule has 0 aliphatic rings. The Labute approximate surface area is 72.6 Å². The van der Waals surface area contributed by atoms with Crippen LogP contribution >= 0.6 is 0 Å². The van der Waals surface area contributed by atoms with E-state index in [-0.39, 0.29) is 17.8 Å². The van der Waals surface area contributed by atoms with Gasteiger partial charge in [0, 0.05) is 18.3 Å². The lowest BCUT2D eigenvalue weighted by atomic mass is 10.2. The van der Waals surface area contributed by atoms with Gasteiger partial charge in [0.05, 0.1) is 11.4 Å². The maximum absolute atomic E-state index is 12.3. The fourth-order valence-electron chi connectivity index (χ4n) is 1.00. The molecule has 0 atom stereocenters. The van der Waals surface area contributed by atoms with E-state index in [1.165, 1.54) is 0 Å². The number of aromatic nitrogens is 1. The minimum atomic E-state index is -2.74. The van der Waals surface area contributed by atoms with Crippen molar-refractivity contribution in [2.45, 2.75) is 13.0 Å². The SMILES string of the molecule is NCc1c(C(F)F)[nH]cc(N)c1=O. The highest BCUT2D eigenvalue weighted by Gasteiger charge is 2.16. The second-order valence-electron chi connectivity index (χ2n) is 2.47. The third kappa shape index (κ3) is 1.67. The Morgan fingerprint density at radius 1 is 1.54 bits per heavy atom. The topological polar surface area (TPSA) is 84.9 Å². The minimum Gasteiger partial charge on any atom is -0.394 e. The molecule has 6 heteroatoms. The molecule has 0 saturated heterocycles. The summed E-state index contributed by atoms with van der Waals surface area (Å²) in [5.41, 5.74) is 9.02. The van der Waals surface area contributed by atoms with E-state index in [0.717, 1.165) is 6.20 Å².